The summed E-state index contributed by atoms with van der Waals surface area (Å²) >= 11 is 0. The summed E-state index contributed by atoms with van der Waals surface area (Å²) in [7, 11) is 0. The summed E-state index contributed by atoms with van der Waals surface area (Å²) in [4.78, 5) is 0. The van der Waals surface area contributed by atoms with E-state index in [1.54, 1.807) is 0 Å². The minimum absolute atomic E-state index is 0.564. The van der Waals surface area contributed by atoms with Crippen LogP contribution in [0.25, 0.3) is 0 Å². The summed E-state index contributed by atoms with van der Waals surface area (Å²) in [6.07, 6.45) is 3.40. The van der Waals surface area contributed by atoms with Crippen LogP contribution in [0.1, 0.15) is 50.7 Å². The molecule has 3 aromatic rings. The first-order valence-corrected chi connectivity index (χ1v) is 10.7. The van der Waals surface area contributed by atoms with Crippen LogP contribution >= 0.6 is 0 Å². The fourth-order valence-electron chi connectivity index (χ4n) is 3.78. The Hall–Kier alpha value is -2.74. The van der Waals surface area contributed by atoms with Crippen molar-refractivity contribution in [1.82, 2.24) is 0 Å². The maximum absolute atomic E-state index is 5.97. The first-order chi connectivity index (χ1) is 14.2. The molecule has 0 radical (unpaired) electrons. The van der Waals surface area contributed by atoms with E-state index < -0.39 is 0 Å². The van der Waals surface area contributed by atoms with Gasteiger partial charge >= 0.3 is 0 Å². The molecule has 0 N–H and O–H groups in total. The van der Waals surface area contributed by atoms with Crippen LogP contribution in [0.3, 0.4) is 0 Å². The molecule has 1 atom stereocenters. The van der Waals surface area contributed by atoms with E-state index in [2.05, 4.69) is 56.3 Å². The van der Waals surface area contributed by atoms with E-state index in [-0.39, 0.29) is 0 Å². The normalized spacial score (nSPS) is 12.0. The molecule has 2 heteroatoms. The average Bonchev–Trinajstić information content (AvgIpc) is 2.73. The SMILES string of the molecule is CCOc1ccc(C(CCCc2cccc(Oc3ccccc3)c2)C(C)C)cc1. The lowest BCUT2D eigenvalue weighted by Gasteiger charge is -2.22. The van der Waals surface area contributed by atoms with Crippen LogP contribution in [0.2, 0.25) is 0 Å². The first kappa shape index (κ1) is 21.0. The lowest BCUT2D eigenvalue weighted by Crippen LogP contribution is -2.07. The summed E-state index contributed by atoms with van der Waals surface area (Å²) < 4.78 is 11.6. The lowest BCUT2D eigenvalue weighted by molar-refractivity contribution is 0.340. The predicted molar refractivity (Wildman–Crippen MR) is 121 cm³/mol. The fourth-order valence-corrected chi connectivity index (χ4v) is 3.78. The van der Waals surface area contributed by atoms with Gasteiger partial charge in [-0.3, -0.25) is 0 Å². The zero-order valence-corrected chi connectivity index (χ0v) is 17.8. The first-order valence-electron chi connectivity index (χ1n) is 10.7. The molecular weight excluding hydrogens is 356 g/mol. The summed E-state index contributed by atoms with van der Waals surface area (Å²) in [5.41, 5.74) is 2.73. The number of hydrogen-bond acceptors (Lipinski definition) is 2. The molecule has 3 aromatic carbocycles. The molecule has 152 valence electrons. The summed E-state index contributed by atoms with van der Waals surface area (Å²) in [6, 6.07) is 27.1. The van der Waals surface area contributed by atoms with Gasteiger partial charge in [-0.1, -0.05) is 56.3 Å². The maximum atomic E-state index is 5.97. The van der Waals surface area contributed by atoms with E-state index in [0.29, 0.717) is 18.4 Å². The lowest BCUT2D eigenvalue weighted by atomic mass is 9.84. The molecular formula is C27H32O2. The zero-order valence-electron chi connectivity index (χ0n) is 17.8. The highest BCUT2D eigenvalue weighted by Gasteiger charge is 2.16. The monoisotopic (exact) mass is 388 g/mol. The molecule has 1 unspecified atom stereocenters. The molecule has 2 nitrogen and oxygen atoms in total. The Kier molecular flexibility index (Phi) is 7.75. The summed E-state index contributed by atoms with van der Waals surface area (Å²) in [5.74, 6) is 3.91. The maximum Gasteiger partial charge on any atom is 0.127 e. The minimum atomic E-state index is 0.564. The zero-order chi connectivity index (χ0) is 20.5. The highest BCUT2D eigenvalue weighted by molar-refractivity contribution is 5.34. The Bertz CT molecular complexity index is 853. The van der Waals surface area contributed by atoms with Crippen LogP contribution in [0.5, 0.6) is 17.2 Å². The molecule has 0 spiro atoms. The van der Waals surface area contributed by atoms with E-state index in [0.717, 1.165) is 30.1 Å². The molecule has 29 heavy (non-hydrogen) atoms. The van der Waals surface area contributed by atoms with E-state index in [1.165, 1.54) is 17.5 Å². The van der Waals surface area contributed by atoms with Gasteiger partial charge in [-0.15, -0.1) is 0 Å². The molecule has 0 saturated carbocycles. The van der Waals surface area contributed by atoms with Gasteiger partial charge in [0.05, 0.1) is 6.61 Å². The van der Waals surface area contributed by atoms with Crippen molar-refractivity contribution in [1.29, 1.82) is 0 Å². The van der Waals surface area contributed by atoms with Crippen molar-refractivity contribution in [2.75, 3.05) is 6.61 Å². The molecule has 3 rings (SSSR count). The Labute approximate surface area is 175 Å². The third-order valence-electron chi connectivity index (χ3n) is 5.28. The Balaban J connectivity index is 1.57. The van der Waals surface area contributed by atoms with Gasteiger partial charge in [-0.05, 0) is 85.5 Å². The van der Waals surface area contributed by atoms with E-state index in [1.807, 2.05) is 43.3 Å². The molecule has 0 saturated heterocycles. The van der Waals surface area contributed by atoms with E-state index in [9.17, 15) is 0 Å². The van der Waals surface area contributed by atoms with Crippen LogP contribution in [0.4, 0.5) is 0 Å². The van der Waals surface area contributed by atoms with Gasteiger partial charge in [0.1, 0.15) is 17.2 Å². The van der Waals surface area contributed by atoms with Crippen molar-refractivity contribution >= 4 is 0 Å². The second kappa shape index (κ2) is 10.7. The number of aryl methyl sites for hydroxylation is 1. The van der Waals surface area contributed by atoms with Crippen LogP contribution in [-0.4, -0.2) is 6.61 Å². The third-order valence-corrected chi connectivity index (χ3v) is 5.28. The van der Waals surface area contributed by atoms with Gasteiger partial charge in [-0.25, -0.2) is 0 Å². The molecule has 0 aliphatic rings. The highest BCUT2D eigenvalue weighted by Crippen LogP contribution is 2.31. The molecule has 0 aliphatic carbocycles. The highest BCUT2D eigenvalue weighted by atomic mass is 16.5. The Morgan fingerprint density at radius 3 is 2.17 bits per heavy atom. The molecule has 0 heterocycles. The van der Waals surface area contributed by atoms with Crippen molar-refractivity contribution in [2.24, 2.45) is 5.92 Å². The van der Waals surface area contributed by atoms with E-state index >= 15 is 0 Å². The Morgan fingerprint density at radius 1 is 0.759 bits per heavy atom. The minimum Gasteiger partial charge on any atom is -0.494 e. The van der Waals surface area contributed by atoms with Gasteiger partial charge in [0.25, 0.3) is 0 Å². The quantitative estimate of drug-likeness (QED) is 0.355. The number of para-hydroxylation sites is 1. The largest absolute Gasteiger partial charge is 0.494 e. The smallest absolute Gasteiger partial charge is 0.127 e. The second-order valence-corrected chi connectivity index (χ2v) is 7.81. The van der Waals surface area contributed by atoms with Crippen LogP contribution in [-0.2, 0) is 6.42 Å². The Morgan fingerprint density at radius 2 is 1.48 bits per heavy atom. The van der Waals surface area contributed by atoms with Crippen molar-refractivity contribution in [3.8, 4) is 17.2 Å². The van der Waals surface area contributed by atoms with Gasteiger partial charge in [-0.2, -0.15) is 0 Å². The van der Waals surface area contributed by atoms with Crippen LogP contribution in [0, 0.1) is 5.92 Å². The fraction of sp³-hybridized carbons (Fsp3) is 0.333. The van der Waals surface area contributed by atoms with Gasteiger partial charge in [0.15, 0.2) is 0 Å². The molecule has 0 aromatic heterocycles. The molecule has 0 fully saturated rings. The number of rotatable bonds is 10. The van der Waals surface area contributed by atoms with Gasteiger partial charge in [0.2, 0.25) is 0 Å². The van der Waals surface area contributed by atoms with Crippen molar-refractivity contribution in [3.63, 3.8) is 0 Å². The summed E-state index contributed by atoms with van der Waals surface area (Å²) in [6.45, 7) is 7.36. The standard InChI is InChI=1S/C27H32O2/c1-4-28-24-18-16-23(17-19-24)27(21(2)3)15-9-11-22-10-8-14-26(20-22)29-25-12-6-5-7-13-25/h5-8,10,12-14,16-21,27H,4,9,11,15H2,1-3H3. The van der Waals surface area contributed by atoms with Crippen molar-refractivity contribution in [2.45, 2.75) is 46.0 Å². The average molecular weight is 389 g/mol. The molecule has 0 amide bonds. The topological polar surface area (TPSA) is 18.5 Å². The predicted octanol–water partition coefficient (Wildman–Crippen LogP) is 7.64. The van der Waals surface area contributed by atoms with Crippen LogP contribution < -0.4 is 9.47 Å². The van der Waals surface area contributed by atoms with Crippen LogP contribution in [0.15, 0.2) is 78.9 Å². The summed E-state index contributed by atoms with van der Waals surface area (Å²) in [5, 5.41) is 0. The second-order valence-electron chi connectivity index (χ2n) is 7.81. The number of ether oxygens (including phenoxy) is 2. The van der Waals surface area contributed by atoms with Gasteiger partial charge in [0, 0.05) is 0 Å². The molecule has 0 aliphatic heterocycles. The van der Waals surface area contributed by atoms with Gasteiger partial charge < -0.3 is 9.47 Å². The van der Waals surface area contributed by atoms with Crippen molar-refractivity contribution in [3.05, 3.63) is 90.0 Å². The number of benzene rings is 3. The molecule has 0 bridgehead atoms. The van der Waals surface area contributed by atoms with E-state index in [4.69, 9.17) is 9.47 Å². The third kappa shape index (κ3) is 6.39. The van der Waals surface area contributed by atoms with Crippen molar-refractivity contribution < 1.29 is 9.47 Å². The number of hydrogen-bond donors (Lipinski definition) is 0.